The van der Waals surface area contributed by atoms with Crippen molar-refractivity contribution < 1.29 is 9.53 Å². The van der Waals surface area contributed by atoms with Crippen LogP contribution in [0.5, 0.6) is 0 Å². The molecule has 1 aliphatic rings. The van der Waals surface area contributed by atoms with E-state index in [1.807, 2.05) is 6.92 Å². The highest BCUT2D eigenvalue weighted by Gasteiger charge is 2.21. The molecule has 0 bridgehead atoms. The fraction of sp³-hybridized carbons (Fsp3) is 0.800. The van der Waals surface area contributed by atoms with E-state index in [4.69, 9.17) is 22.7 Å². The second-order valence-electron chi connectivity index (χ2n) is 3.84. The number of carbonyl (C=O) groups excluding carboxylic acids is 1. The van der Waals surface area contributed by atoms with Crippen LogP contribution in [-0.2, 0) is 9.53 Å². The molecule has 1 fully saturated rings. The number of amides is 1. The molecular formula is C10H18N2O2S. The summed E-state index contributed by atoms with van der Waals surface area (Å²) >= 11 is 4.83. The van der Waals surface area contributed by atoms with Crippen LogP contribution in [0.25, 0.3) is 0 Å². The molecule has 0 radical (unpaired) electrons. The summed E-state index contributed by atoms with van der Waals surface area (Å²) in [7, 11) is 0. The lowest BCUT2D eigenvalue weighted by molar-refractivity contribution is -0.123. The van der Waals surface area contributed by atoms with Crippen LogP contribution < -0.4 is 11.1 Å². The number of nitrogens with two attached hydrogens (primary N) is 1. The van der Waals surface area contributed by atoms with Crippen LogP contribution in [-0.4, -0.2) is 30.7 Å². The smallest absolute Gasteiger partial charge is 0.229 e. The Hall–Kier alpha value is -0.680. The van der Waals surface area contributed by atoms with Crippen LogP contribution in [0.1, 0.15) is 19.8 Å². The largest absolute Gasteiger partial charge is 0.393 e. The van der Waals surface area contributed by atoms with Gasteiger partial charge in [-0.05, 0) is 12.8 Å². The zero-order valence-corrected chi connectivity index (χ0v) is 9.81. The molecule has 2 unspecified atom stereocenters. The molecule has 15 heavy (non-hydrogen) atoms. The maximum atomic E-state index is 11.7. The lowest BCUT2D eigenvalue weighted by atomic mass is 10.0. The average Bonchev–Trinajstić information content (AvgIpc) is 2.67. The Balaban J connectivity index is 2.30. The van der Waals surface area contributed by atoms with E-state index in [2.05, 4.69) is 5.32 Å². The fourth-order valence-corrected chi connectivity index (χ4v) is 1.90. The molecule has 1 saturated heterocycles. The van der Waals surface area contributed by atoms with E-state index in [1.54, 1.807) is 0 Å². The third-order valence-corrected chi connectivity index (χ3v) is 2.94. The van der Waals surface area contributed by atoms with E-state index >= 15 is 0 Å². The Morgan fingerprint density at radius 2 is 2.47 bits per heavy atom. The maximum absolute atomic E-state index is 11.7. The van der Waals surface area contributed by atoms with Gasteiger partial charge < -0.3 is 15.8 Å². The van der Waals surface area contributed by atoms with Crippen molar-refractivity contribution >= 4 is 23.1 Å². The van der Waals surface area contributed by atoms with Gasteiger partial charge in [-0.25, -0.2) is 0 Å². The Morgan fingerprint density at radius 1 is 1.73 bits per heavy atom. The van der Waals surface area contributed by atoms with Crippen molar-refractivity contribution in [1.29, 1.82) is 0 Å². The van der Waals surface area contributed by atoms with Crippen molar-refractivity contribution in [1.82, 2.24) is 5.32 Å². The third kappa shape index (κ3) is 3.76. The lowest BCUT2D eigenvalue weighted by Gasteiger charge is -2.15. The third-order valence-electron chi connectivity index (χ3n) is 2.66. The Bertz CT molecular complexity index is 240. The maximum Gasteiger partial charge on any atom is 0.229 e. The van der Waals surface area contributed by atoms with Gasteiger partial charge in [0.25, 0.3) is 0 Å². The molecule has 0 saturated carbocycles. The zero-order chi connectivity index (χ0) is 11.3. The number of nitrogens with one attached hydrogen (secondary N) is 1. The second kappa shape index (κ2) is 6.02. The number of carbonyl (C=O) groups is 1. The molecule has 0 aromatic carbocycles. The van der Waals surface area contributed by atoms with Gasteiger partial charge in [0.1, 0.15) is 0 Å². The van der Waals surface area contributed by atoms with E-state index in [-0.39, 0.29) is 16.8 Å². The molecule has 1 amide bonds. The quantitative estimate of drug-likeness (QED) is 0.673. The van der Waals surface area contributed by atoms with Crippen LogP contribution in [0.2, 0.25) is 0 Å². The molecule has 4 nitrogen and oxygen atoms in total. The van der Waals surface area contributed by atoms with Crippen molar-refractivity contribution in [2.75, 3.05) is 19.8 Å². The average molecular weight is 230 g/mol. The van der Waals surface area contributed by atoms with E-state index in [1.165, 1.54) is 0 Å². The zero-order valence-electron chi connectivity index (χ0n) is 8.99. The first-order valence-electron chi connectivity index (χ1n) is 5.30. The van der Waals surface area contributed by atoms with Crippen molar-refractivity contribution in [2.45, 2.75) is 19.8 Å². The molecule has 5 heteroatoms. The molecule has 0 aromatic rings. The molecular weight excluding hydrogens is 212 g/mol. The van der Waals surface area contributed by atoms with Gasteiger partial charge in [0.05, 0.1) is 17.5 Å². The van der Waals surface area contributed by atoms with E-state index < -0.39 is 0 Å². The molecule has 86 valence electrons. The highest BCUT2D eigenvalue weighted by molar-refractivity contribution is 7.80. The summed E-state index contributed by atoms with van der Waals surface area (Å²) in [4.78, 5) is 11.9. The van der Waals surface area contributed by atoms with E-state index in [9.17, 15) is 4.79 Å². The van der Waals surface area contributed by atoms with Gasteiger partial charge >= 0.3 is 0 Å². The number of thiocarbonyl (C=S) groups is 1. The van der Waals surface area contributed by atoms with E-state index in [0.717, 1.165) is 19.6 Å². The second-order valence-corrected chi connectivity index (χ2v) is 4.31. The topological polar surface area (TPSA) is 64.3 Å². The minimum Gasteiger partial charge on any atom is -0.393 e. The predicted octanol–water partition coefficient (Wildman–Crippen LogP) is 0.451. The van der Waals surface area contributed by atoms with Gasteiger partial charge in [-0.2, -0.15) is 0 Å². The number of hydrogen-bond acceptors (Lipinski definition) is 3. The summed E-state index contributed by atoms with van der Waals surface area (Å²) in [6, 6.07) is 0. The Labute approximate surface area is 95.5 Å². The number of hydrogen-bond donors (Lipinski definition) is 2. The fourth-order valence-electron chi connectivity index (χ4n) is 1.63. The molecule has 1 heterocycles. The summed E-state index contributed by atoms with van der Waals surface area (Å²) in [6.45, 7) is 4.11. The molecule has 0 spiro atoms. The van der Waals surface area contributed by atoms with Crippen LogP contribution in [0.4, 0.5) is 0 Å². The summed E-state index contributed by atoms with van der Waals surface area (Å²) in [6.07, 6.45) is 1.67. The first-order valence-corrected chi connectivity index (χ1v) is 5.70. The molecule has 0 aromatic heterocycles. The van der Waals surface area contributed by atoms with Crippen molar-refractivity contribution in [2.24, 2.45) is 17.6 Å². The summed E-state index contributed by atoms with van der Waals surface area (Å²) < 4.78 is 5.22. The van der Waals surface area contributed by atoms with Crippen LogP contribution >= 0.6 is 12.2 Å². The van der Waals surface area contributed by atoms with E-state index in [0.29, 0.717) is 18.9 Å². The van der Waals surface area contributed by atoms with Gasteiger partial charge in [0.15, 0.2) is 0 Å². The van der Waals surface area contributed by atoms with Crippen molar-refractivity contribution in [3.8, 4) is 0 Å². The minimum absolute atomic E-state index is 0.0584. The van der Waals surface area contributed by atoms with Crippen molar-refractivity contribution in [3.05, 3.63) is 0 Å². The first kappa shape index (κ1) is 12.4. The normalized spacial score (nSPS) is 22.3. The molecule has 1 rings (SSSR count). The monoisotopic (exact) mass is 230 g/mol. The lowest BCUT2D eigenvalue weighted by Crippen LogP contribution is -2.39. The standard InChI is InChI=1S/C10H18N2O2S/c1-2-8(9(11)15)10(13)12-5-7-3-4-14-6-7/h7-8H,2-6H2,1H3,(H2,11,15)(H,12,13). The van der Waals surface area contributed by atoms with Crippen LogP contribution in [0.15, 0.2) is 0 Å². The van der Waals surface area contributed by atoms with Gasteiger partial charge in [-0.1, -0.05) is 19.1 Å². The SMILES string of the molecule is CCC(C(=O)NCC1CCOC1)C(N)=S. The van der Waals surface area contributed by atoms with Crippen molar-refractivity contribution in [3.63, 3.8) is 0 Å². The highest BCUT2D eigenvalue weighted by atomic mass is 32.1. The first-order chi connectivity index (χ1) is 7.15. The number of rotatable bonds is 5. The number of ether oxygens (including phenoxy) is 1. The Kier molecular flexibility index (Phi) is 4.98. The van der Waals surface area contributed by atoms with Gasteiger partial charge in [0, 0.05) is 19.1 Å². The summed E-state index contributed by atoms with van der Waals surface area (Å²) in [5.41, 5.74) is 5.48. The Morgan fingerprint density at radius 3 is 2.93 bits per heavy atom. The van der Waals surface area contributed by atoms with Crippen LogP contribution in [0, 0.1) is 11.8 Å². The van der Waals surface area contributed by atoms with Gasteiger partial charge in [-0.15, -0.1) is 0 Å². The van der Waals surface area contributed by atoms with Crippen LogP contribution in [0.3, 0.4) is 0 Å². The summed E-state index contributed by atoms with van der Waals surface area (Å²) in [5, 5.41) is 2.87. The van der Waals surface area contributed by atoms with Gasteiger partial charge in [-0.3, -0.25) is 4.79 Å². The van der Waals surface area contributed by atoms with Gasteiger partial charge in [0.2, 0.25) is 5.91 Å². The molecule has 1 aliphatic heterocycles. The summed E-state index contributed by atoms with van der Waals surface area (Å²) in [5.74, 6) is 0.0528. The minimum atomic E-state index is -0.331. The molecule has 0 aliphatic carbocycles. The predicted molar refractivity (Wildman–Crippen MR) is 62.5 cm³/mol. The molecule has 3 N–H and O–H groups in total. The molecule has 2 atom stereocenters. The highest BCUT2D eigenvalue weighted by Crippen LogP contribution is 2.11.